The molecule has 1 saturated heterocycles. The number of rotatable bonds is 7. The summed E-state index contributed by atoms with van der Waals surface area (Å²) in [5.41, 5.74) is 4.04. The van der Waals surface area contributed by atoms with Crippen molar-refractivity contribution >= 4 is 11.9 Å². The Morgan fingerprint density at radius 1 is 1.08 bits per heavy atom. The van der Waals surface area contributed by atoms with Crippen LogP contribution in [-0.2, 0) is 6.54 Å². The summed E-state index contributed by atoms with van der Waals surface area (Å²) in [6.07, 6.45) is 4.11. The van der Waals surface area contributed by atoms with Gasteiger partial charge in [0, 0.05) is 30.6 Å². The van der Waals surface area contributed by atoms with Crippen LogP contribution >= 0.6 is 11.9 Å². The first kappa shape index (κ1) is 17.9. The van der Waals surface area contributed by atoms with Crippen molar-refractivity contribution in [1.29, 1.82) is 0 Å². The molecule has 0 spiro atoms. The molecule has 2 fully saturated rings. The highest BCUT2D eigenvalue weighted by molar-refractivity contribution is 7.97. The molecule has 1 unspecified atom stereocenters. The van der Waals surface area contributed by atoms with E-state index in [2.05, 4.69) is 65.9 Å². The van der Waals surface area contributed by atoms with Crippen molar-refractivity contribution in [2.24, 2.45) is 0 Å². The van der Waals surface area contributed by atoms with E-state index in [1.807, 2.05) is 0 Å². The topological polar surface area (TPSA) is 24.5 Å². The fourth-order valence-electron chi connectivity index (χ4n) is 3.35. The van der Waals surface area contributed by atoms with Crippen LogP contribution < -0.4 is 9.46 Å². The first-order valence-electron chi connectivity index (χ1n) is 9.63. The van der Waals surface area contributed by atoms with E-state index in [1.165, 1.54) is 40.8 Å². The molecular weight excluding hydrogens is 340 g/mol. The molecule has 1 aliphatic carbocycles. The van der Waals surface area contributed by atoms with Gasteiger partial charge in [0.2, 0.25) is 0 Å². The molecule has 1 heterocycles. The van der Waals surface area contributed by atoms with Gasteiger partial charge in [0.25, 0.3) is 0 Å². The Kier molecular flexibility index (Phi) is 5.53. The molecular formula is C22H28N2OS. The Bertz CT molecular complexity index is 742. The fourth-order valence-corrected chi connectivity index (χ4v) is 4.31. The SMILES string of the molecule is Cc1ccc(C)c(SNC2CCN(Cc3ccc(OC4CC4)cc3)C2)c1. The van der Waals surface area contributed by atoms with Crippen LogP contribution in [-0.4, -0.2) is 30.1 Å². The molecule has 2 aromatic carbocycles. The molecule has 4 heteroatoms. The van der Waals surface area contributed by atoms with E-state index in [4.69, 9.17) is 4.74 Å². The third-order valence-electron chi connectivity index (χ3n) is 5.11. The number of likely N-dealkylation sites (tertiary alicyclic amines) is 1. The van der Waals surface area contributed by atoms with E-state index in [0.717, 1.165) is 25.4 Å². The average molecular weight is 369 g/mol. The van der Waals surface area contributed by atoms with Gasteiger partial charge >= 0.3 is 0 Å². The lowest BCUT2D eigenvalue weighted by molar-refractivity contribution is 0.302. The van der Waals surface area contributed by atoms with Crippen LogP contribution in [0.1, 0.15) is 36.0 Å². The van der Waals surface area contributed by atoms with Crippen molar-refractivity contribution in [2.75, 3.05) is 13.1 Å². The molecule has 138 valence electrons. The van der Waals surface area contributed by atoms with Crippen LogP contribution in [0.5, 0.6) is 5.75 Å². The minimum absolute atomic E-state index is 0.473. The van der Waals surface area contributed by atoms with Gasteiger partial charge in [-0.05, 0) is 79.9 Å². The molecule has 1 atom stereocenters. The average Bonchev–Trinajstić information content (AvgIpc) is 3.34. The zero-order valence-electron chi connectivity index (χ0n) is 15.7. The smallest absolute Gasteiger partial charge is 0.119 e. The molecule has 1 saturated carbocycles. The molecule has 0 aromatic heterocycles. The molecule has 26 heavy (non-hydrogen) atoms. The Morgan fingerprint density at radius 2 is 1.88 bits per heavy atom. The van der Waals surface area contributed by atoms with Gasteiger partial charge in [-0.2, -0.15) is 0 Å². The van der Waals surface area contributed by atoms with Gasteiger partial charge in [-0.25, -0.2) is 0 Å². The van der Waals surface area contributed by atoms with Crippen molar-refractivity contribution in [1.82, 2.24) is 9.62 Å². The molecule has 4 rings (SSSR count). The second-order valence-electron chi connectivity index (χ2n) is 7.67. The number of nitrogens with zero attached hydrogens (tertiary/aromatic N) is 1. The van der Waals surface area contributed by atoms with Gasteiger partial charge in [-0.15, -0.1) is 0 Å². The summed E-state index contributed by atoms with van der Waals surface area (Å²) >= 11 is 1.79. The number of benzene rings is 2. The number of hydrogen-bond acceptors (Lipinski definition) is 4. The van der Waals surface area contributed by atoms with E-state index in [0.29, 0.717) is 12.1 Å². The Labute approximate surface area is 161 Å². The van der Waals surface area contributed by atoms with Crippen LogP contribution in [0.4, 0.5) is 0 Å². The predicted octanol–water partition coefficient (Wildman–Crippen LogP) is 4.72. The van der Waals surface area contributed by atoms with Gasteiger partial charge in [-0.1, -0.05) is 24.3 Å². The van der Waals surface area contributed by atoms with E-state index >= 15 is 0 Å². The summed E-state index contributed by atoms with van der Waals surface area (Å²) in [5, 5.41) is 0. The zero-order valence-corrected chi connectivity index (χ0v) is 16.5. The summed E-state index contributed by atoms with van der Waals surface area (Å²) in [6, 6.07) is 15.9. The maximum absolute atomic E-state index is 5.83. The first-order valence-corrected chi connectivity index (χ1v) is 10.4. The second kappa shape index (κ2) is 8.03. The highest BCUT2D eigenvalue weighted by Gasteiger charge is 2.24. The van der Waals surface area contributed by atoms with Crippen molar-refractivity contribution in [3.8, 4) is 5.75 Å². The lowest BCUT2D eigenvalue weighted by atomic mass is 10.2. The standard InChI is InChI=1S/C22H28N2OS/c1-16-3-4-17(2)22(13-16)26-23-19-11-12-24(15-19)14-18-5-7-20(8-6-18)25-21-9-10-21/h3-8,13,19,21,23H,9-12,14-15H2,1-2H3. The monoisotopic (exact) mass is 368 g/mol. The maximum atomic E-state index is 5.83. The summed E-state index contributed by atoms with van der Waals surface area (Å²) in [7, 11) is 0. The Morgan fingerprint density at radius 3 is 2.65 bits per heavy atom. The van der Waals surface area contributed by atoms with Crippen molar-refractivity contribution in [3.05, 3.63) is 59.2 Å². The van der Waals surface area contributed by atoms with Gasteiger partial charge in [0.15, 0.2) is 0 Å². The molecule has 2 aromatic rings. The Balaban J connectivity index is 1.25. The lowest BCUT2D eigenvalue weighted by Gasteiger charge is -2.17. The number of hydrogen-bond donors (Lipinski definition) is 1. The normalized spacial score (nSPS) is 20.5. The van der Waals surface area contributed by atoms with E-state index in [-0.39, 0.29) is 0 Å². The quantitative estimate of drug-likeness (QED) is 0.715. The summed E-state index contributed by atoms with van der Waals surface area (Å²) in [6.45, 7) is 7.63. The van der Waals surface area contributed by atoms with Crippen LogP contribution in [0, 0.1) is 13.8 Å². The molecule has 0 radical (unpaired) electrons. The largest absolute Gasteiger partial charge is 0.490 e. The number of ether oxygens (including phenoxy) is 1. The van der Waals surface area contributed by atoms with Crippen molar-refractivity contribution in [2.45, 2.75) is 56.7 Å². The minimum Gasteiger partial charge on any atom is -0.490 e. The summed E-state index contributed by atoms with van der Waals surface area (Å²) in [4.78, 5) is 3.88. The molecule has 0 bridgehead atoms. The van der Waals surface area contributed by atoms with Crippen LogP contribution in [0.2, 0.25) is 0 Å². The van der Waals surface area contributed by atoms with E-state index in [9.17, 15) is 0 Å². The lowest BCUT2D eigenvalue weighted by Crippen LogP contribution is -2.28. The molecule has 1 N–H and O–H groups in total. The van der Waals surface area contributed by atoms with Crippen molar-refractivity contribution in [3.63, 3.8) is 0 Å². The van der Waals surface area contributed by atoms with Crippen LogP contribution in [0.15, 0.2) is 47.4 Å². The molecule has 2 aliphatic rings. The fraction of sp³-hybridized carbons (Fsp3) is 0.455. The van der Waals surface area contributed by atoms with Gasteiger partial charge in [0.1, 0.15) is 5.75 Å². The first-order chi connectivity index (χ1) is 12.7. The third kappa shape index (κ3) is 4.81. The van der Waals surface area contributed by atoms with E-state index in [1.54, 1.807) is 11.9 Å². The Hall–Kier alpha value is -1.49. The molecule has 0 amide bonds. The van der Waals surface area contributed by atoms with Crippen molar-refractivity contribution < 1.29 is 4.74 Å². The maximum Gasteiger partial charge on any atom is 0.119 e. The summed E-state index contributed by atoms with van der Waals surface area (Å²) < 4.78 is 9.51. The summed E-state index contributed by atoms with van der Waals surface area (Å²) in [5.74, 6) is 1.02. The van der Waals surface area contributed by atoms with Crippen LogP contribution in [0.3, 0.4) is 0 Å². The number of nitrogens with one attached hydrogen (secondary N) is 1. The van der Waals surface area contributed by atoms with Gasteiger partial charge in [0.05, 0.1) is 6.10 Å². The highest BCUT2D eigenvalue weighted by atomic mass is 32.2. The third-order valence-corrected chi connectivity index (χ3v) is 6.22. The second-order valence-corrected chi connectivity index (χ2v) is 8.55. The molecule has 3 nitrogen and oxygen atoms in total. The highest BCUT2D eigenvalue weighted by Crippen LogP contribution is 2.27. The molecule has 1 aliphatic heterocycles. The predicted molar refractivity (Wildman–Crippen MR) is 109 cm³/mol. The van der Waals surface area contributed by atoms with Crippen LogP contribution in [0.25, 0.3) is 0 Å². The minimum atomic E-state index is 0.473. The zero-order chi connectivity index (χ0) is 17.9. The number of aryl methyl sites for hydroxylation is 2. The van der Waals surface area contributed by atoms with E-state index < -0.39 is 0 Å². The van der Waals surface area contributed by atoms with Gasteiger partial charge < -0.3 is 4.74 Å². The van der Waals surface area contributed by atoms with Gasteiger partial charge in [-0.3, -0.25) is 9.62 Å².